The quantitative estimate of drug-likeness (QED) is 0.620. The van der Waals surface area contributed by atoms with Gasteiger partial charge in [-0.15, -0.1) is 0 Å². The van der Waals surface area contributed by atoms with Crippen molar-refractivity contribution >= 4 is 40.3 Å². The Bertz CT molecular complexity index is 1270. The number of aromatic nitrogens is 2. The molecule has 1 aromatic heterocycles. The Morgan fingerprint density at radius 3 is 2.77 bits per heavy atom. The average Bonchev–Trinajstić information content (AvgIpc) is 3.01. The standard InChI is InChI=1S/C19H12BrN3O2S/c20-12-5-3-6-14(9-12)23-18(25)15(17(24)22-19(23)26)10-13-8-11-4-1-2-7-16(11)21-13/h1-10,25H,(H,22,24,26)/b13-10-. The SMILES string of the molecule is O=c1[nH]c(=S)n(-c2cccc(Br)c2)c(O)c1/C=C1/C=c2ccccc2=N1. The molecule has 2 aromatic carbocycles. The Morgan fingerprint density at radius 1 is 1.19 bits per heavy atom. The molecule has 5 nitrogen and oxygen atoms in total. The van der Waals surface area contributed by atoms with Crippen molar-refractivity contribution in [1.29, 1.82) is 0 Å². The molecule has 0 radical (unpaired) electrons. The number of benzene rings is 2. The lowest BCUT2D eigenvalue weighted by atomic mass is 10.2. The second-order valence-electron chi connectivity index (χ2n) is 5.70. The van der Waals surface area contributed by atoms with Crippen LogP contribution in [0.3, 0.4) is 0 Å². The first-order valence-electron chi connectivity index (χ1n) is 7.74. The number of aromatic amines is 1. The van der Waals surface area contributed by atoms with Crippen LogP contribution in [-0.2, 0) is 0 Å². The Balaban J connectivity index is 1.93. The fourth-order valence-corrected chi connectivity index (χ4v) is 3.46. The van der Waals surface area contributed by atoms with Crippen LogP contribution in [0.25, 0.3) is 17.8 Å². The van der Waals surface area contributed by atoms with Crippen LogP contribution in [-0.4, -0.2) is 14.7 Å². The summed E-state index contributed by atoms with van der Waals surface area (Å²) >= 11 is 8.63. The van der Waals surface area contributed by atoms with Gasteiger partial charge in [0.15, 0.2) is 4.77 Å². The topological polar surface area (TPSA) is 70.4 Å². The molecule has 0 unspecified atom stereocenters. The monoisotopic (exact) mass is 425 g/mol. The number of H-pyrrole nitrogens is 1. The minimum Gasteiger partial charge on any atom is -0.494 e. The molecular weight excluding hydrogens is 414 g/mol. The molecule has 7 heteroatoms. The van der Waals surface area contributed by atoms with Crippen molar-refractivity contribution in [3.63, 3.8) is 0 Å². The van der Waals surface area contributed by atoms with Crippen LogP contribution in [0.2, 0.25) is 0 Å². The number of nitrogens with one attached hydrogen (secondary N) is 1. The molecule has 2 N–H and O–H groups in total. The zero-order chi connectivity index (χ0) is 18.3. The number of halogens is 1. The van der Waals surface area contributed by atoms with Gasteiger partial charge in [0, 0.05) is 9.69 Å². The fourth-order valence-electron chi connectivity index (χ4n) is 2.79. The zero-order valence-corrected chi connectivity index (χ0v) is 15.7. The van der Waals surface area contributed by atoms with Gasteiger partial charge in [0.05, 0.1) is 16.7 Å². The van der Waals surface area contributed by atoms with Gasteiger partial charge in [-0.25, -0.2) is 4.99 Å². The van der Waals surface area contributed by atoms with Crippen molar-refractivity contribution < 1.29 is 5.11 Å². The number of allylic oxidation sites excluding steroid dienone is 1. The molecule has 0 saturated heterocycles. The van der Waals surface area contributed by atoms with Crippen LogP contribution in [0.5, 0.6) is 5.88 Å². The summed E-state index contributed by atoms with van der Waals surface area (Å²) in [6, 6.07) is 14.9. The molecule has 3 aromatic rings. The highest BCUT2D eigenvalue weighted by Gasteiger charge is 2.14. The molecule has 128 valence electrons. The van der Waals surface area contributed by atoms with E-state index < -0.39 is 5.56 Å². The maximum absolute atomic E-state index is 12.4. The molecule has 0 saturated carbocycles. The third-order valence-corrected chi connectivity index (χ3v) is 4.75. The van der Waals surface area contributed by atoms with Crippen molar-refractivity contribution in [1.82, 2.24) is 9.55 Å². The van der Waals surface area contributed by atoms with E-state index in [1.807, 2.05) is 42.5 Å². The predicted octanol–water partition coefficient (Wildman–Crippen LogP) is 2.82. The highest BCUT2D eigenvalue weighted by molar-refractivity contribution is 9.10. The molecule has 0 bridgehead atoms. The summed E-state index contributed by atoms with van der Waals surface area (Å²) in [4.78, 5) is 19.4. The Hall–Kier alpha value is -2.77. The van der Waals surface area contributed by atoms with Crippen molar-refractivity contribution in [3.05, 3.63) is 90.0 Å². The average molecular weight is 426 g/mol. The van der Waals surface area contributed by atoms with Crippen LogP contribution >= 0.6 is 28.1 Å². The first-order valence-corrected chi connectivity index (χ1v) is 8.94. The van der Waals surface area contributed by atoms with Crippen molar-refractivity contribution in [2.45, 2.75) is 0 Å². The van der Waals surface area contributed by atoms with Crippen molar-refractivity contribution in [3.8, 4) is 11.6 Å². The molecule has 0 spiro atoms. The van der Waals surface area contributed by atoms with E-state index in [1.165, 1.54) is 4.57 Å². The summed E-state index contributed by atoms with van der Waals surface area (Å²) < 4.78 is 2.36. The van der Waals surface area contributed by atoms with E-state index in [0.29, 0.717) is 11.4 Å². The lowest BCUT2D eigenvalue weighted by Crippen LogP contribution is -2.19. The van der Waals surface area contributed by atoms with E-state index >= 15 is 0 Å². The van der Waals surface area contributed by atoms with Crippen LogP contribution in [0, 0.1) is 4.77 Å². The van der Waals surface area contributed by atoms with E-state index in [-0.39, 0.29) is 16.2 Å². The second-order valence-corrected chi connectivity index (χ2v) is 7.00. The zero-order valence-electron chi connectivity index (χ0n) is 13.3. The summed E-state index contributed by atoms with van der Waals surface area (Å²) in [6.45, 7) is 0. The van der Waals surface area contributed by atoms with Gasteiger partial charge < -0.3 is 5.11 Å². The summed E-state index contributed by atoms with van der Waals surface area (Å²) in [6.07, 6.45) is 3.41. The largest absolute Gasteiger partial charge is 0.494 e. The van der Waals surface area contributed by atoms with E-state index in [0.717, 1.165) is 15.0 Å². The number of nitrogens with zero attached hydrogens (tertiary/aromatic N) is 2. The molecular formula is C19H12BrN3O2S. The third kappa shape index (κ3) is 2.95. The Kier molecular flexibility index (Phi) is 4.18. The van der Waals surface area contributed by atoms with Gasteiger partial charge in [0.25, 0.3) is 5.56 Å². The fraction of sp³-hybridized carbons (Fsp3) is 0. The number of hydrogen-bond donors (Lipinski definition) is 2. The second kappa shape index (κ2) is 6.51. The number of para-hydroxylation sites is 1. The van der Waals surface area contributed by atoms with Gasteiger partial charge in [0.1, 0.15) is 5.56 Å². The highest BCUT2D eigenvalue weighted by Crippen LogP contribution is 2.24. The number of aromatic hydroxyl groups is 1. The van der Waals surface area contributed by atoms with Crippen molar-refractivity contribution in [2.24, 2.45) is 4.99 Å². The van der Waals surface area contributed by atoms with Crippen LogP contribution < -0.4 is 16.1 Å². The number of fused-ring (bicyclic) bond motifs is 1. The van der Waals surface area contributed by atoms with Crippen LogP contribution in [0.1, 0.15) is 5.56 Å². The van der Waals surface area contributed by atoms with Gasteiger partial charge in [0.2, 0.25) is 5.88 Å². The summed E-state index contributed by atoms with van der Waals surface area (Å²) in [5, 5.41) is 12.5. The Morgan fingerprint density at radius 2 is 2.00 bits per heavy atom. The molecule has 0 atom stereocenters. The summed E-state index contributed by atoms with van der Waals surface area (Å²) in [5.41, 5.74) is 0.852. The molecule has 0 aliphatic carbocycles. The number of hydrogen-bond acceptors (Lipinski definition) is 4. The summed E-state index contributed by atoms with van der Waals surface area (Å²) in [5.74, 6) is -0.232. The Labute approximate surface area is 161 Å². The van der Waals surface area contributed by atoms with Gasteiger partial charge in [-0.05, 0) is 48.6 Å². The predicted molar refractivity (Wildman–Crippen MR) is 106 cm³/mol. The van der Waals surface area contributed by atoms with Gasteiger partial charge in [-0.3, -0.25) is 14.3 Å². The van der Waals surface area contributed by atoms with Gasteiger partial charge in [-0.1, -0.05) is 40.2 Å². The van der Waals surface area contributed by atoms with Crippen LogP contribution in [0.4, 0.5) is 0 Å². The third-order valence-electron chi connectivity index (χ3n) is 3.97. The first-order chi connectivity index (χ1) is 12.5. The number of rotatable bonds is 2. The first kappa shape index (κ1) is 16.7. The molecule has 0 fully saturated rings. The van der Waals surface area contributed by atoms with E-state index in [4.69, 9.17) is 12.2 Å². The lowest BCUT2D eigenvalue weighted by molar-refractivity contribution is 0.432. The maximum atomic E-state index is 12.4. The minimum atomic E-state index is -0.467. The van der Waals surface area contributed by atoms with Crippen LogP contribution in [0.15, 0.2) is 68.5 Å². The smallest absolute Gasteiger partial charge is 0.262 e. The van der Waals surface area contributed by atoms with E-state index in [2.05, 4.69) is 25.9 Å². The summed E-state index contributed by atoms with van der Waals surface area (Å²) in [7, 11) is 0. The van der Waals surface area contributed by atoms with Gasteiger partial charge in [-0.2, -0.15) is 0 Å². The molecule has 1 aliphatic rings. The van der Waals surface area contributed by atoms with Crippen molar-refractivity contribution in [2.75, 3.05) is 0 Å². The lowest BCUT2D eigenvalue weighted by Gasteiger charge is -2.11. The molecule has 4 rings (SSSR count). The van der Waals surface area contributed by atoms with E-state index in [1.54, 1.807) is 18.2 Å². The highest BCUT2D eigenvalue weighted by atomic mass is 79.9. The minimum absolute atomic E-state index is 0.0985. The van der Waals surface area contributed by atoms with E-state index in [9.17, 15) is 9.90 Å². The molecule has 2 heterocycles. The normalized spacial score (nSPS) is 14.0. The molecule has 1 aliphatic heterocycles. The molecule has 0 amide bonds. The van der Waals surface area contributed by atoms with Gasteiger partial charge >= 0.3 is 0 Å². The molecule has 26 heavy (non-hydrogen) atoms. The maximum Gasteiger partial charge on any atom is 0.262 e.